The topological polar surface area (TPSA) is 78.9 Å². The predicted octanol–water partition coefficient (Wildman–Crippen LogP) is 2.94. The van der Waals surface area contributed by atoms with Crippen LogP contribution in [-0.2, 0) is 28.6 Å². The maximum absolute atomic E-state index is 13.2. The zero-order valence-corrected chi connectivity index (χ0v) is 16.1. The summed E-state index contributed by atoms with van der Waals surface area (Å²) in [5.74, 6) is -2.48. The highest BCUT2D eigenvalue weighted by Gasteiger charge is 2.70. The molecule has 0 radical (unpaired) electrons. The van der Waals surface area contributed by atoms with Crippen LogP contribution in [-0.4, -0.2) is 35.7 Å². The van der Waals surface area contributed by atoms with Crippen LogP contribution in [0.2, 0.25) is 0 Å². The lowest BCUT2D eigenvalue weighted by Crippen LogP contribution is -2.46. The van der Waals surface area contributed by atoms with Gasteiger partial charge in [-0.15, -0.1) is 0 Å². The van der Waals surface area contributed by atoms with Crippen LogP contribution in [0.5, 0.6) is 0 Å². The molecule has 0 amide bonds. The van der Waals surface area contributed by atoms with Gasteiger partial charge in [-0.1, -0.05) is 19.9 Å². The third-order valence-corrected chi connectivity index (χ3v) is 7.14. The standard InChI is InChI=1S/C21H28O6/c1-4-21(8-6-5-7-9-21)27-20(24)15-13-10-12-14(15)19(23)26-17(12)16(13)25-18(22)11(2)3/h12-17H,2,4-10H2,1,3H3. The van der Waals surface area contributed by atoms with E-state index in [-0.39, 0.29) is 23.8 Å². The third-order valence-electron chi connectivity index (χ3n) is 7.14. The van der Waals surface area contributed by atoms with Crippen LogP contribution in [0.25, 0.3) is 0 Å². The van der Waals surface area contributed by atoms with E-state index in [9.17, 15) is 14.4 Å². The quantitative estimate of drug-likeness (QED) is 0.417. The number of hydrogen-bond acceptors (Lipinski definition) is 6. The van der Waals surface area contributed by atoms with Gasteiger partial charge in [0.25, 0.3) is 0 Å². The van der Waals surface area contributed by atoms with Gasteiger partial charge in [0.05, 0.1) is 11.8 Å². The van der Waals surface area contributed by atoms with E-state index in [4.69, 9.17) is 14.2 Å². The summed E-state index contributed by atoms with van der Waals surface area (Å²) in [5.41, 5.74) is -0.118. The van der Waals surface area contributed by atoms with Crippen molar-refractivity contribution in [3.05, 3.63) is 12.2 Å². The average molecular weight is 376 g/mol. The molecule has 0 spiro atoms. The molecule has 1 heterocycles. The van der Waals surface area contributed by atoms with Crippen LogP contribution < -0.4 is 0 Å². The summed E-state index contributed by atoms with van der Waals surface area (Å²) < 4.78 is 17.1. The Morgan fingerprint density at radius 1 is 1.22 bits per heavy atom. The SMILES string of the molecule is C=C(C)C(=O)OC1C2CC3C1OC(=O)C3C2C(=O)OC1(CC)CCCCC1. The number of hydrogen-bond donors (Lipinski definition) is 0. The highest BCUT2D eigenvalue weighted by molar-refractivity contribution is 5.88. The van der Waals surface area contributed by atoms with Gasteiger partial charge in [0.2, 0.25) is 0 Å². The van der Waals surface area contributed by atoms with Crippen molar-refractivity contribution in [2.24, 2.45) is 23.7 Å². The number of carbonyl (C=O) groups is 3. The van der Waals surface area contributed by atoms with Gasteiger partial charge in [-0.25, -0.2) is 4.79 Å². The molecule has 0 aromatic heterocycles. The smallest absolute Gasteiger partial charge is 0.333 e. The summed E-state index contributed by atoms with van der Waals surface area (Å²) in [6.07, 6.45) is 5.47. The molecular formula is C21H28O6. The molecule has 6 atom stereocenters. The minimum Gasteiger partial charge on any atom is -0.459 e. The third kappa shape index (κ3) is 2.88. The Balaban J connectivity index is 1.55. The van der Waals surface area contributed by atoms with Gasteiger partial charge in [-0.3, -0.25) is 9.59 Å². The first-order chi connectivity index (χ1) is 12.9. The Morgan fingerprint density at radius 2 is 1.93 bits per heavy atom. The van der Waals surface area contributed by atoms with Crippen molar-refractivity contribution in [1.29, 1.82) is 0 Å². The lowest BCUT2D eigenvalue weighted by atomic mass is 9.77. The Kier molecular flexibility index (Phi) is 4.55. The highest BCUT2D eigenvalue weighted by atomic mass is 16.6. The summed E-state index contributed by atoms with van der Waals surface area (Å²) >= 11 is 0. The van der Waals surface area contributed by atoms with Crippen LogP contribution >= 0.6 is 0 Å². The molecule has 4 rings (SSSR count). The first kappa shape index (κ1) is 18.5. The first-order valence-electron chi connectivity index (χ1n) is 10.2. The van der Waals surface area contributed by atoms with Gasteiger partial charge in [0.15, 0.2) is 0 Å². The number of rotatable bonds is 5. The molecule has 0 N–H and O–H groups in total. The molecule has 1 saturated heterocycles. The largest absolute Gasteiger partial charge is 0.459 e. The van der Waals surface area contributed by atoms with Crippen LogP contribution in [0.15, 0.2) is 12.2 Å². The van der Waals surface area contributed by atoms with Crippen molar-refractivity contribution >= 4 is 17.9 Å². The van der Waals surface area contributed by atoms with Crippen LogP contribution in [0.3, 0.4) is 0 Å². The lowest BCUT2D eigenvalue weighted by molar-refractivity contribution is -0.177. The summed E-state index contributed by atoms with van der Waals surface area (Å²) in [5, 5.41) is 0. The molecule has 6 unspecified atom stereocenters. The average Bonchev–Trinajstić information content (AvgIpc) is 3.25. The van der Waals surface area contributed by atoms with Crippen LogP contribution in [0, 0.1) is 23.7 Å². The minimum atomic E-state index is -0.580. The van der Waals surface area contributed by atoms with E-state index in [1.54, 1.807) is 6.92 Å². The fourth-order valence-corrected chi connectivity index (χ4v) is 5.70. The van der Waals surface area contributed by atoms with E-state index in [1.165, 1.54) is 6.42 Å². The fraction of sp³-hybridized carbons (Fsp3) is 0.762. The number of fused-ring (bicyclic) bond motifs is 1. The van der Waals surface area contributed by atoms with Gasteiger partial charge in [-0.2, -0.15) is 0 Å². The second kappa shape index (κ2) is 6.64. The van der Waals surface area contributed by atoms with Crippen LogP contribution in [0.4, 0.5) is 0 Å². The van der Waals surface area contributed by atoms with Gasteiger partial charge < -0.3 is 14.2 Å². The van der Waals surface area contributed by atoms with E-state index < -0.39 is 35.6 Å². The molecule has 1 aliphatic heterocycles. The van der Waals surface area contributed by atoms with E-state index in [0.29, 0.717) is 12.0 Å². The summed E-state index contributed by atoms with van der Waals surface area (Å²) in [7, 11) is 0. The van der Waals surface area contributed by atoms with Crippen molar-refractivity contribution < 1.29 is 28.6 Å². The fourth-order valence-electron chi connectivity index (χ4n) is 5.70. The first-order valence-corrected chi connectivity index (χ1v) is 10.2. The molecule has 0 aromatic carbocycles. The molecule has 6 nitrogen and oxygen atoms in total. The Bertz CT molecular complexity index is 676. The molecular weight excluding hydrogens is 348 g/mol. The molecule has 3 aliphatic carbocycles. The Labute approximate surface area is 159 Å². The molecule has 4 fully saturated rings. The van der Waals surface area contributed by atoms with Gasteiger partial charge in [0, 0.05) is 17.4 Å². The van der Waals surface area contributed by atoms with Gasteiger partial charge >= 0.3 is 17.9 Å². The van der Waals surface area contributed by atoms with Crippen molar-refractivity contribution in [2.75, 3.05) is 0 Å². The normalized spacial score (nSPS) is 38.4. The van der Waals surface area contributed by atoms with Crippen molar-refractivity contribution in [3.8, 4) is 0 Å². The van der Waals surface area contributed by atoms with Crippen molar-refractivity contribution in [1.82, 2.24) is 0 Å². The molecule has 3 saturated carbocycles. The molecule has 2 bridgehead atoms. The van der Waals surface area contributed by atoms with Gasteiger partial charge in [0.1, 0.15) is 17.8 Å². The van der Waals surface area contributed by atoms with E-state index in [0.717, 1.165) is 32.1 Å². The van der Waals surface area contributed by atoms with Crippen LogP contribution in [0.1, 0.15) is 58.8 Å². The lowest BCUT2D eigenvalue weighted by Gasteiger charge is -2.38. The van der Waals surface area contributed by atoms with E-state index in [1.807, 2.05) is 0 Å². The summed E-state index contributed by atoms with van der Waals surface area (Å²) in [6.45, 7) is 7.25. The highest BCUT2D eigenvalue weighted by Crippen LogP contribution is 2.59. The van der Waals surface area contributed by atoms with E-state index in [2.05, 4.69) is 13.5 Å². The molecule has 27 heavy (non-hydrogen) atoms. The minimum absolute atomic E-state index is 0.0631. The zero-order chi connectivity index (χ0) is 19.3. The predicted molar refractivity (Wildman–Crippen MR) is 95.4 cm³/mol. The number of carbonyl (C=O) groups excluding carboxylic acids is 3. The molecule has 4 aliphatic rings. The second-order valence-corrected chi connectivity index (χ2v) is 8.69. The molecule has 0 aromatic rings. The Morgan fingerprint density at radius 3 is 2.56 bits per heavy atom. The van der Waals surface area contributed by atoms with Gasteiger partial charge in [-0.05, 0) is 45.4 Å². The number of esters is 3. The monoisotopic (exact) mass is 376 g/mol. The van der Waals surface area contributed by atoms with E-state index >= 15 is 0 Å². The second-order valence-electron chi connectivity index (χ2n) is 8.69. The molecule has 148 valence electrons. The zero-order valence-electron chi connectivity index (χ0n) is 16.1. The van der Waals surface area contributed by atoms with Crippen molar-refractivity contribution in [2.45, 2.75) is 76.6 Å². The Hall–Kier alpha value is -1.85. The maximum Gasteiger partial charge on any atom is 0.333 e. The number of ether oxygens (including phenoxy) is 3. The summed E-state index contributed by atoms with van der Waals surface area (Å²) in [4.78, 5) is 37.6. The summed E-state index contributed by atoms with van der Waals surface area (Å²) in [6, 6.07) is 0. The van der Waals surface area contributed by atoms with Crippen molar-refractivity contribution in [3.63, 3.8) is 0 Å². The molecule has 6 heteroatoms. The maximum atomic E-state index is 13.2.